The van der Waals surface area contributed by atoms with Gasteiger partial charge < -0.3 is 15.3 Å². The molecule has 0 fully saturated rings. The molecule has 12 heteroatoms. The summed E-state index contributed by atoms with van der Waals surface area (Å²) in [7, 11) is -3.70. The Kier molecular flexibility index (Phi) is 7.30. The number of alkyl halides is 2. The van der Waals surface area contributed by atoms with Crippen molar-refractivity contribution >= 4 is 38.8 Å². The van der Waals surface area contributed by atoms with Crippen LogP contribution in [-0.4, -0.2) is 48.3 Å². The summed E-state index contributed by atoms with van der Waals surface area (Å²) in [5.41, 5.74) is 2.39. The molecule has 2 aliphatic heterocycles. The molecule has 2 aromatic carbocycles. The lowest BCUT2D eigenvalue weighted by molar-refractivity contribution is -0.136. The summed E-state index contributed by atoms with van der Waals surface area (Å²) >= 11 is 0. The van der Waals surface area contributed by atoms with Gasteiger partial charge in [-0.05, 0) is 48.1 Å². The van der Waals surface area contributed by atoms with E-state index in [1.54, 1.807) is 12.1 Å². The number of carboxylic acid groups (broad SMARTS) is 1. The number of hydrogen-bond acceptors (Lipinski definition) is 7. The van der Waals surface area contributed by atoms with Crippen LogP contribution >= 0.6 is 0 Å². The van der Waals surface area contributed by atoms with Crippen LogP contribution in [0.3, 0.4) is 0 Å². The van der Waals surface area contributed by atoms with Gasteiger partial charge in [0.05, 0.1) is 23.6 Å². The lowest BCUT2D eigenvalue weighted by Crippen LogP contribution is -2.31. The molecule has 8 nitrogen and oxygen atoms in total. The average Bonchev–Trinajstić information content (AvgIpc) is 2.89. The third-order valence-corrected chi connectivity index (χ3v) is 8.61. The number of sulfone groups is 1. The topological polar surface area (TPSA) is 112 Å². The second-order valence-electron chi connectivity index (χ2n) is 9.43. The highest BCUT2D eigenvalue weighted by atomic mass is 32.2. The molecule has 0 spiro atoms. The number of nitrogens with zero attached hydrogens (tertiary/aromatic N) is 3. The lowest BCUT2D eigenvalue weighted by Gasteiger charge is -2.29. The first kappa shape index (κ1) is 26.7. The minimum Gasteiger partial charge on any atom is -0.481 e. The summed E-state index contributed by atoms with van der Waals surface area (Å²) in [6.07, 6.45) is 0.494. The van der Waals surface area contributed by atoms with E-state index in [1.165, 1.54) is 24.3 Å². The predicted octanol–water partition coefficient (Wildman–Crippen LogP) is 4.94. The smallest absolute Gasteiger partial charge is 0.307 e. The maximum atomic E-state index is 14.8. The van der Waals surface area contributed by atoms with Crippen LogP contribution in [0.1, 0.15) is 41.7 Å². The van der Waals surface area contributed by atoms with Gasteiger partial charge in [-0.2, -0.15) is 4.98 Å². The predicted molar refractivity (Wildman–Crippen MR) is 140 cm³/mol. The van der Waals surface area contributed by atoms with E-state index in [-0.39, 0.29) is 39.7 Å². The average molecular weight is 559 g/mol. The lowest BCUT2D eigenvalue weighted by atomic mass is 9.98. The molecule has 0 saturated heterocycles. The number of aliphatic carboxylic acids is 1. The molecule has 0 bridgehead atoms. The summed E-state index contributed by atoms with van der Waals surface area (Å²) in [4.78, 5) is 21.8. The molecular formula is C27H25F3N4O4S. The molecule has 0 radical (unpaired) electrons. The number of anilines is 3. The normalized spacial score (nSPS) is 16.5. The quantitative estimate of drug-likeness (QED) is 0.420. The molecule has 3 aromatic rings. The Morgan fingerprint density at radius 2 is 1.87 bits per heavy atom. The van der Waals surface area contributed by atoms with Crippen LogP contribution in [0.25, 0.3) is 5.57 Å². The number of fused-ring (bicyclic) bond motifs is 1. The number of hydrogen-bond donors (Lipinski definition) is 2. The summed E-state index contributed by atoms with van der Waals surface area (Å²) in [6, 6.07) is 10.0. The summed E-state index contributed by atoms with van der Waals surface area (Å²) in [6.45, 7) is 0.917. The highest BCUT2D eigenvalue weighted by Gasteiger charge is 2.31. The van der Waals surface area contributed by atoms with Gasteiger partial charge in [0.15, 0.2) is 15.7 Å². The minimum atomic E-state index is -3.70. The van der Waals surface area contributed by atoms with Crippen molar-refractivity contribution in [3.63, 3.8) is 0 Å². The Morgan fingerprint density at radius 3 is 2.51 bits per heavy atom. The van der Waals surface area contributed by atoms with Crippen LogP contribution in [0, 0.1) is 5.82 Å². The van der Waals surface area contributed by atoms with Gasteiger partial charge in [-0.1, -0.05) is 36.4 Å². The van der Waals surface area contributed by atoms with E-state index >= 15 is 0 Å². The molecule has 3 heterocycles. The summed E-state index contributed by atoms with van der Waals surface area (Å²) < 4.78 is 66.5. The molecular weight excluding hydrogens is 533 g/mol. The van der Waals surface area contributed by atoms with Crippen LogP contribution in [-0.2, 0) is 27.5 Å². The van der Waals surface area contributed by atoms with Crippen LogP contribution in [0.2, 0.25) is 0 Å². The third kappa shape index (κ3) is 5.75. The molecule has 0 atom stereocenters. The molecule has 39 heavy (non-hydrogen) atoms. The van der Waals surface area contributed by atoms with Crippen molar-refractivity contribution in [3.8, 4) is 0 Å². The van der Waals surface area contributed by atoms with Gasteiger partial charge >= 0.3 is 5.97 Å². The number of halogens is 3. The second-order valence-corrected chi connectivity index (χ2v) is 11.5. The van der Waals surface area contributed by atoms with Crippen LogP contribution in [0.4, 0.5) is 30.6 Å². The van der Waals surface area contributed by atoms with Crippen molar-refractivity contribution in [3.05, 3.63) is 76.7 Å². The van der Waals surface area contributed by atoms with Crippen LogP contribution in [0.5, 0.6) is 0 Å². The molecule has 2 aliphatic rings. The number of nitrogens with one attached hydrogen (secondary N) is 1. The maximum absolute atomic E-state index is 14.8. The first-order valence-electron chi connectivity index (χ1n) is 12.3. The number of benzene rings is 2. The fraction of sp³-hybridized carbons (Fsp3) is 0.296. The molecule has 2 N–H and O–H groups in total. The van der Waals surface area contributed by atoms with Gasteiger partial charge in [-0.3, -0.25) is 4.79 Å². The Hall–Kier alpha value is -3.93. The van der Waals surface area contributed by atoms with Gasteiger partial charge in [-0.15, -0.1) is 0 Å². The summed E-state index contributed by atoms with van der Waals surface area (Å²) in [5, 5.41) is 11.8. The highest BCUT2D eigenvalue weighted by molar-refractivity contribution is 7.91. The zero-order valence-electron chi connectivity index (χ0n) is 20.7. The third-order valence-electron chi connectivity index (χ3n) is 6.73. The van der Waals surface area contributed by atoms with Gasteiger partial charge in [0.2, 0.25) is 5.95 Å². The van der Waals surface area contributed by atoms with Gasteiger partial charge in [0.1, 0.15) is 10.7 Å². The summed E-state index contributed by atoms with van der Waals surface area (Å²) in [5.74, 6) is -1.65. The van der Waals surface area contributed by atoms with Crippen molar-refractivity contribution in [1.82, 2.24) is 9.97 Å². The van der Waals surface area contributed by atoms with E-state index in [9.17, 15) is 26.4 Å². The number of aromatic nitrogens is 2. The Balaban J connectivity index is 1.45. The molecule has 0 amide bonds. The monoisotopic (exact) mass is 558 g/mol. The first-order chi connectivity index (χ1) is 18.6. The van der Waals surface area contributed by atoms with Crippen molar-refractivity contribution in [2.75, 3.05) is 29.1 Å². The zero-order valence-corrected chi connectivity index (χ0v) is 21.5. The van der Waals surface area contributed by atoms with E-state index < -0.39 is 28.0 Å². The fourth-order valence-corrected chi connectivity index (χ4v) is 6.39. The standard InChI is InChI=1S/C27H25F3N4O4S/c28-20-14-16(15-23(35)36)3-8-21(20)31-26-24-22(2-1-13-39(24,37)38)32-27(33-26)34-11-9-18(10-12-34)17-4-6-19(7-5-17)25(29)30/h3-9,14,25H,1-2,10-13,15H2,(H,35,36)(H,31,32,33). The van der Waals surface area contributed by atoms with E-state index in [1.807, 2.05) is 11.0 Å². The van der Waals surface area contributed by atoms with Gasteiger partial charge in [0.25, 0.3) is 6.43 Å². The van der Waals surface area contributed by atoms with Crippen molar-refractivity contribution in [2.45, 2.75) is 37.0 Å². The molecule has 0 aliphatic carbocycles. The van der Waals surface area contributed by atoms with Crippen molar-refractivity contribution in [2.24, 2.45) is 0 Å². The van der Waals surface area contributed by atoms with Gasteiger partial charge in [0, 0.05) is 18.7 Å². The first-order valence-corrected chi connectivity index (χ1v) is 14.0. The molecule has 0 saturated carbocycles. The van der Waals surface area contributed by atoms with E-state index in [0.29, 0.717) is 44.0 Å². The van der Waals surface area contributed by atoms with E-state index in [4.69, 9.17) is 5.11 Å². The Morgan fingerprint density at radius 1 is 1.10 bits per heavy atom. The largest absolute Gasteiger partial charge is 0.481 e. The Labute approximate surface area is 223 Å². The molecule has 1 aromatic heterocycles. The number of aryl methyl sites for hydroxylation is 1. The molecule has 0 unspecified atom stereocenters. The van der Waals surface area contributed by atoms with Crippen LogP contribution < -0.4 is 10.2 Å². The number of rotatable bonds is 7. The van der Waals surface area contributed by atoms with E-state index in [0.717, 1.165) is 17.2 Å². The zero-order chi connectivity index (χ0) is 27.7. The maximum Gasteiger partial charge on any atom is 0.307 e. The van der Waals surface area contributed by atoms with Crippen LogP contribution in [0.15, 0.2) is 53.4 Å². The molecule has 5 rings (SSSR count). The minimum absolute atomic E-state index is 0.0306. The van der Waals surface area contributed by atoms with E-state index in [2.05, 4.69) is 15.3 Å². The van der Waals surface area contributed by atoms with Crippen molar-refractivity contribution in [1.29, 1.82) is 0 Å². The van der Waals surface area contributed by atoms with Crippen molar-refractivity contribution < 1.29 is 31.5 Å². The highest BCUT2D eigenvalue weighted by Crippen LogP contribution is 2.35. The Bertz CT molecular complexity index is 1560. The second kappa shape index (κ2) is 10.7. The number of carbonyl (C=O) groups is 1. The fourth-order valence-electron chi connectivity index (χ4n) is 4.77. The van der Waals surface area contributed by atoms with Gasteiger partial charge in [-0.25, -0.2) is 26.6 Å². The molecule has 204 valence electrons. The SMILES string of the molecule is O=C(O)Cc1ccc(Nc2nc(N3CC=C(c4ccc(C(F)F)cc4)CC3)nc3c2S(=O)(=O)CCC3)c(F)c1. The number of carboxylic acids is 1.